The first-order valence-electron chi connectivity index (χ1n) is 6.42. The van der Waals surface area contributed by atoms with E-state index in [1.54, 1.807) is 0 Å². The van der Waals surface area contributed by atoms with E-state index in [-0.39, 0.29) is 0 Å². The molecule has 5 nitrogen and oxygen atoms in total. The van der Waals surface area contributed by atoms with Gasteiger partial charge in [-0.25, -0.2) is 0 Å². The van der Waals surface area contributed by atoms with E-state index in [4.69, 9.17) is 0 Å². The molecule has 102 valence electrons. The minimum Gasteiger partial charge on any atom is -0.309 e. The van der Waals surface area contributed by atoms with Gasteiger partial charge in [-0.15, -0.1) is 5.10 Å². The first-order chi connectivity index (χ1) is 8.47. The molecule has 1 aromatic rings. The number of likely N-dealkylation sites (N-methyl/N-ethyl adjacent to an activating group) is 1. The Bertz CT molecular complexity index is 369. The van der Waals surface area contributed by atoms with Crippen LogP contribution in [0.1, 0.15) is 26.5 Å². The Balaban J connectivity index is 2.32. The van der Waals surface area contributed by atoms with Gasteiger partial charge in [-0.2, -0.15) is 0 Å². The van der Waals surface area contributed by atoms with Gasteiger partial charge < -0.3 is 10.2 Å². The van der Waals surface area contributed by atoms with Crippen LogP contribution in [0.2, 0.25) is 0 Å². The Morgan fingerprint density at radius 1 is 1.56 bits per heavy atom. The maximum atomic E-state index is 4.14. The summed E-state index contributed by atoms with van der Waals surface area (Å²) in [6.07, 6.45) is 2.00. The van der Waals surface area contributed by atoms with Crippen LogP contribution < -0.4 is 5.32 Å². The van der Waals surface area contributed by atoms with Crippen molar-refractivity contribution >= 4 is 0 Å². The Morgan fingerprint density at radius 2 is 2.28 bits per heavy atom. The van der Waals surface area contributed by atoms with E-state index in [0.29, 0.717) is 6.04 Å². The highest BCUT2D eigenvalue weighted by molar-refractivity contribution is 4.93. The highest BCUT2D eigenvalue weighted by atomic mass is 15.4. The maximum Gasteiger partial charge on any atom is 0.0964 e. The van der Waals surface area contributed by atoms with Gasteiger partial charge in [0.05, 0.1) is 12.2 Å². The van der Waals surface area contributed by atoms with Gasteiger partial charge in [0.25, 0.3) is 0 Å². The molecule has 0 aliphatic heterocycles. The Hall–Kier alpha value is -1.20. The van der Waals surface area contributed by atoms with E-state index in [0.717, 1.165) is 31.9 Å². The predicted octanol–water partition coefficient (Wildman–Crippen LogP) is 1.28. The van der Waals surface area contributed by atoms with Gasteiger partial charge in [-0.05, 0) is 14.0 Å². The lowest BCUT2D eigenvalue weighted by Crippen LogP contribution is -2.25. The molecule has 0 aliphatic rings. The fourth-order valence-electron chi connectivity index (χ4n) is 1.65. The molecule has 0 amide bonds. The van der Waals surface area contributed by atoms with Crippen LogP contribution in [0.4, 0.5) is 0 Å². The van der Waals surface area contributed by atoms with Crippen LogP contribution in [0.3, 0.4) is 0 Å². The summed E-state index contributed by atoms with van der Waals surface area (Å²) in [6.45, 7) is 13.7. The average molecular weight is 251 g/mol. The van der Waals surface area contributed by atoms with Gasteiger partial charge >= 0.3 is 0 Å². The minimum absolute atomic E-state index is 0.469. The second-order valence-electron chi connectivity index (χ2n) is 5.20. The number of aromatic nitrogens is 3. The Labute approximate surface area is 110 Å². The Morgan fingerprint density at radius 3 is 2.89 bits per heavy atom. The molecular weight excluding hydrogens is 226 g/mol. The molecule has 0 unspecified atom stereocenters. The van der Waals surface area contributed by atoms with Crippen LogP contribution in [0, 0.1) is 0 Å². The van der Waals surface area contributed by atoms with E-state index in [1.165, 1.54) is 5.57 Å². The van der Waals surface area contributed by atoms with E-state index >= 15 is 0 Å². The molecule has 18 heavy (non-hydrogen) atoms. The number of nitrogens with zero attached hydrogens (tertiary/aromatic N) is 4. The van der Waals surface area contributed by atoms with Crippen molar-refractivity contribution in [2.24, 2.45) is 0 Å². The largest absolute Gasteiger partial charge is 0.309 e. The van der Waals surface area contributed by atoms with Crippen molar-refractivity contribution in [1.82, 2.24) is 25.2 Å². The normalized spacial score (nSPS) is 11.4. The fraction of sp³-hybridized carbons (Fsp3) is 0.692. The van der Waals surface area contributed by atoms with Crippen LogP contribution in [0.5, 0.6) is 0 Å². The molecule has 1 aromatic heterocycles. The Kier molecular flexibility index (Phi) is 6.01. The van der Waals surface area contributed by atoms with Gasteiger partial charge in [0.15, 0.2) is 0 Å². The average Bonchev–Trinajstić information content (AvgIpc) is 2.70. The van der Waals surface area contributed by atoms with E-state index < -0.39 is 0 Å². The van der Waals surface area contributed by atoms with Crippen LogP contribution in [-0.2, 0) is 13.1 Å². The van der Waals surface area contributed by atoms with Gasteiger partial charge in [0.1, 0.15) is 0 Å². The molecular formula is C13H25N5. The van der Waals surface area contributed by atoms with Crippen molar-refractivity contribution in [2.75, 3.05) is 20.1 Å². The molecule has 0 saturated heterocycles. The zero-order valence-electron chi connectivity index (χ0n) is 12.0. The number of rotatable bonds is 8. The van der Waals surface area contributed by atoms with Gasteiger partial charge in [0.2, 0.25) is 0 Å². The van der Waals surface area contributed by atoms with Crippen molar-refractivity contribution in [3.63, 3.8) is 0 Å². The molecule has 0 atom stereocenters. The van der Waals surface area contributed by atoms with Crippen LogP contribution in [0.25, 0.3) is 0 Å². The van der Waals surface area contributed by atoms with Crippen molar-refractivity contribution < 1.29 is 0 Å². The third kappa shape index (κ3) is 5.93. The first-order valence-corrected chi connectivity index (χ1v) is 6.42. The lowest BCUT2D eigenvalue weighted by Gasteiger charge is -2.15. The summed E-state index contributed by atoms with van der Waals surface area (Å²) >= 11 is 0. The topological polar surface area (TPSA) is 46.0 Å². The molecule has 5 heteroatoms. The summed E-state index contributed by atoms with van der Waals surface area (Å²) in [5, 5.41) is 11.6. The SMILES string of the molecule is C=C(C)CN(C)CCn1cc(CNC(C)C)nn1. The number of hydrogen-bond acceptors (Lipinski definition) is 4. The lowest BCUT2D eigenvalue weighted by molar-refractivity contribution is 0.334. The highest BCUT2D eigenvalue weighted by Crippen LogP contribution is 1.96. The van der Waals surface area contributed by atoms with Gasteiger partial charge in [0, 0.05) is 31.9 Å². The van der Waals surface area contributed by atoms with Crippen molar-refractivity contribution in [3.8, 4) is 0 Å². The first kappa shape index (κ1) is 14.9. The molecule has 0 saturated carbocycles. The summed E-state index contributed by atoms with van der Waals surface area (Å²) in [7, 11) is 2.09. The maximum absolute atomic E-state index is 4.14. The molecule has 0 bridgehead atoms. The van der Waals surface area contributed by atoms with E-state index in [2.05, 4.69) is 48.0 Å². The summed E-state index contributed by atoms with van der Waals surface area (Å²) in [5.41, 5.74) is 2.17. The zero-order chi connectivity index (χ0) is 13.5. The molecule has 1 N–H and O–H groups in total. The molecule has 1 heterocycles. The van der Waals surface area contributed by atoms with E-state index in [1.807, 2.05) is 17.8 Å². The molecule has 0 aliphatic carbocycles. The lowest BCUT2D eigenvalue weighted by atomic mass is 10.3. The van der Waals surface area contributed by atoms with Crippen LogP contribution in [0.15, 0.2) is 18.3 Å². The third-order valence-electron chi connectivity index (χ3n) is 2.53. The second-order valence-corrected chi connectivity index (χ2v) is 5.20. The standard InChI is InChI=1S/C13H25N5/c1-11(2)9-17(5)6-7-18-10-13(15-16-18)8-14-12(3)4/h10,12,14H,1,6-9H2,2-5H3. The monoisotopic (exact) mass is 251 g/mol. The molecule has 0 spiro atoms. The molecule has 0 aromatic carbocycles. The van der Waals surface area contributed by atoms with Crippen molar-refractivity contribution in [2.45, 2.75) is 39.9 Å². The molecule has 0 fully saturated rings. The summed E-state index contributed by atoms with van der Waals surface area (Å²) in [4.78, 5) is 2.23. The van der Waals surface area contributed by atoms with E-state index in [9.17, 15) is 0 Å². The van der Waals surface area contributed by atoms with Gasteiger partial charge in [-0.3, -0.25) is 4.68 Å². The third-order valence-corrected chi connectivity index (χ3v) is 2.53. The van der Waals surface area contributed by atoms with Crippen molar-refractivity contribution in [1.29, 1.82) is 0 Å². The molecule has 0 radical (unpaired) electrons. The van der Waals surface area contributed by atoms with Crippen LogP contribution >= 0.6 is 0 Å². The summed E-state index contributed by atoms with van der Waals surface area (Å²) in [5.74, 6) is 0. The number of nitrogens with one attached hydrogen (secondary N) is 1. The van der Waals surface area contributed by atoms with Crippen LogP contribution in [-0.4, -0.2) is 46.1 Å². The number of hydrogen-bond donors (Lipinski definition) is 1. The minimum atomic E-state index is 0.469. The summed E-state index contributed by atoms with van der Waals surface area (Å²) in [6, 6.07) is 0.469. The van der Waals surface area contributed by atoms with Crippen molar-refractivity contribution in [3.05, 3.63) is 24.0 Å². The smallest absolute Gasteiger partial charge is 0.0964 e. The predicted molar refractivity (Wildman–Crippen MR) is 74.3 cm³/mol. The molecule has 1 rings (SSSR count). The quantitative estimate of drug-likeness (QED) is 0.707. The van der Waals surface area contributed by atoms with Gasteiger partial charge in [-0.1, -0.05) is 31.2 Å². The highest BCUT2D eigenvalue weighted by Gasteiger charge is 2.03. The zero-order valence-corrected chi connectivity index (χ0v) is 12.0. The second kappa shape index (κ2) is 7.28. The summed E-state index contributed by atoms with van der Waals surface area (Å²) < 4.78 is 1.90. The fourth-order valence-corrected chi connectivity index (χ4v) is 1.65.